The minimum Gasteiger partial charge on any atom is -0.469 e. The van der Waals surface area contributed by atoms with E-state index in [4.69, 9.17) is 5.73 Å². The Kier molecular flexibility index (Phi) is 4.71. The van der Waals surface area contributed by atoms with Crippen LogP contribution in [-0.4, -0.2) is 24.4 Å². The average Bonchev–Trinajstić information content (AvgIpc) is 2.29. The molecule has 5 nitrogen and oxygen atoms in total. The molecule has 8 heteroatoms. The third-order valence-corrected chi connectivity index (χ3v) is 2.26. The van der Waals surface area contributed by atoms with E-state index in [1.807, 2.05) is 0 Å². The van der Waals surface area contributed by atoms with E-state index in [1.54, 1.807) is 0 Å². The molecule has 0 atom stereocenters. The number of aryl methyl sites for hydroxylation is 1. The molecular weight excluding hydrogens is 265 g/mol. The first-order valence-electron chi connectivity index (χ1n) is 5.29. The van der Waals surface area contributed by atoms with Crippen molar-refractivity contribution in [1.29, 1.82) is 0 Å². The van der Waals surface area contributed by atoms with Gasteiger partial charge in [0.2, 0.25) is 0 Å². The summed E-state index contributed by atoms with van der Waals surface area (Å²) in [6.07, 6.45) is -5.24. The van der Waals surface area contributed by atoms with E-state index in [9.17, 15) is 18.0 Å². The molecule has 0 aliphatic carbocycles. The highest BCUT2D eigenvalue weighted by Gasteiger charge is 2.33. The van der Waals surface area contributed by atoms with Crippen LogP contribution in [0, 0.1) is 6.92 Å². The highest BCUT2D eigenvalue weighted by molar-refractivity contribution is 5.73. The van der Waals surface area contributed by atoms with E-state index in [-0.39, 0.29) is 24.2 Å². The number of ether oxygens (including phenoxy) is 2. The molecule has 0 unspecified atom stereocenters. The fourth-order valence-corrected chi connectivity index (χ4v) is 1.52. The Labute approximate surface area is 107 Å². The Bertz CT molecular complexity index is 475. The molecule has 1 rings (SSSR count). The van der Waals surface area contributed by atoms with Gasteiger partial charge in [0.15, 0.2) is 0 Å². The molecule has 1 aromatic heterocycles. The van der Waals surface area contributed by atoms with Crippen molar-refractivity contribution in [2.24, 2.45) is 5.73 Å². The van der Waals surface area contributed by atoms with Gasteiger partial charge < -0.3 is 15.2 Å². The van der Waals surface area contributed by atoms with Crippen LogP contribution in [0.2, 0.25) is 0 Å². The predicted octanol–water partition coefficient (Wildman–Crippen LogP) is 1.46. The van der Waals surface area contributed by atoms with Crippen LogP contribution in [-0.2, 0) is 22.5 Å². The van der Waals surface area contributed by atoms with Crippen LogP contribution < -0.4 is 10.5 Å². The first-order chi connectivity index (χ1) is 8.76. The summed E-state index contributed by atoms with van der Waals surface area (Å²) in [5.41, 5.74) is 5.89. The van der Waals surface area contributed by atoms with E-state index < -0.39 is 18.1 Å². The number of hydrogen-bond acceptors (Lipinski definition) is 5. The van der Waals surface area contributed by atoms with Gasteiger partial charge in [0.1, 0.15) is 5.75 Å². The van der Waals surface area contributed by atoms with Crippen LogP contribution in [0.25, 0.3) is 0 Å². The standard InChI is InChI=1S/C11H13F3N2O3/c1-6-3-9(19-11(12,13)14)7(4-10(17)18-2)8(5-15)16-6/h3H,4-5,15H2,1-2H3. The van der Waals surface area contributed by atoms with Gasteiger partial charge in [-0.2, -0.15) is 0 Å². The van der Waals surface area contributed by atoms with Gasteiger partial charge in [0, 0.05) is 23.9 Å². The number of nitrogens with zero attached hydrogens (tertiary/aromatic N) is 1. The SMILES string of the molecule is COC(=O)Cc1c(OC(F)(F)F)cc(C)nc1CN. The van der Waals surface area contributed by atoms with Crippen LogP contribution in [0.15, 0.2) is 6.07 Å². The second-order valence-corrected chi connectivity index (χ2v) is 3.69. The maximum absolute atomic E-state index is 12.3. The van der Waals surface area contributed by atoms with Crippen molar-refractivity contribution in [2.75, 3.05) is 7.11 Å². The normalized spacial score (nSPS) is 11.3. The summed E-state index contributed by atoms with van der Waals surface area (Å²) in [5, 5.41) is 0. The van der Waals surface area contributed by atoms with Gasteiger partial charge in [-0.1, -0.05) is 0 Å². The monoisotopic (exact) mass is 278 g/mol. The summed E-state index contributed by atoms with van der Waals surface area (Å²) in [6.45, 7) is 1.40. The molecule has 106 valence electrons. The number of hydrogen-bond donors (Lipinski definition) is 1. The molecule has 0 aromatic carbocycles. The Balaban J connectivity index is 3.25. The Hall–Kier alpha value is -1.83. The molecule has 2 N–H and O–H groups in total. The van der Waals surface area contributed by atoms with Gasteiger partial charge in [-0.3, -0.25) is 9.78 Å². The van der Waals surface area contributed by atoms with Gasteiger partial charge in [0.05, 0.1) is 19.2 Å². The van der Waals surface area contributed by atoms with Gasteiger partial charge in [-0.05, 0) is 6.92 Å². The number of halogens is 3. The molecule has 1 aromatic rings. The van der Waals surface area contributed by atoms with E-state index >= 15 is 0 Å². The van der Waals surface area contributed by atoms with Crippen LogP contribution in [0.3, 0.4) is 0 Å². The maximum Gasteiger partial charge on any atom is 0.573 e. The maximum atomic E-state index is 12.3. The van der Waals surface area contributed by atoms with E-state index in [2.05, 4.69) is 14.5 Å². The third-order valence-electron chi connectivity index (χ3n) is 2.26. The molecule has 0 aliphatic rings. The Morgan fingerprint density at radius 2 is 2.11 bits per heavy atom. The molecule has 0 radical (unpaired) electrons. The summed E-state index contributed by atoms with van der Waals surface area (Å²) >= 11 is 0. The first kappa shape index (κ1) is 15.2. The van der Waals surface area contributed by atoms with Crippen molar-refractivity contribution in [3.63, 3.8) is 0 Å². The highest BCUT2D eigenvalue weighted by Crippen LogP contribution is 2.29. The zero-order valence-electron chi connectivity index (χ0n) is 10.4. The first-order valence-corrected chi connectivity index (χ1v) is 5.29. The summed E-state index contributed by atoms with van der Waals surface area (Å²) in [6, 6.07) is 1.10. The summed E-state index contributed by atoms with van der Waals surface area (Å²) in [5.74, 6) is -1.18. The zero-order valence-corrected chi connectivity index (χ0v) is 10.4. The van der Waals surface area contributed by atoms with E-state index in [0.717, 1.165) is 13.2 Å². The van der Waals surface area contributed by atoms with E-state index in [0.29, 0.717) is 5.69 Å². The lowest BCUT2D eigenvalue weighted by Crippen LogP contribution is -2.21. The van der Waals surface area contributed by atoms with Crippen molar-refractivity contribution in [2.45, 2.75) is 26.3 Å². The zero-order chi connectivity index (χ0) is 14.6. The second-order valence-electron chi connectivity index (χ2n) is 3.69. The third kappa shape index (κ3) is 4.40. The molecule has 0 saturated heterocycles. The van der Waals surface area contributed by atoms with E-state index in [1.165, 1.54) is 6.92 Å². The average molecular weight is 278 g/mol. The van der Waals surface area contributed by atoms with Gasteiger partial charge >= 0.3 is 12.3 Å². The lowest BCUT2D eigenvalue weighted by molar-refractivity contribution is -0.275. The minimum atomic E-state index is -4.86. The molecule has 1 heterocycles. The number of esters is 1. The second kappa shape index (κ2) is 5.87. The lowest BCUT2D eigenvalue weighted by atomic mass is 10.1. The molecule has 0 bridgehead atoms. The number of methoxy groups -OCH3 is 1. The molecule has 0 saturated carbocycles. The summed E-state index contributed by atoms with van der Waals surface area (Å²) < 4.78 is 45.3. The number of pyridine rings is 1. The molecule has 0 fully saturated rings. The quantitative estimate of drug-likeness (QED) is 0.844. The van der Waals surface area contributed by atoms with Crippen molar-refractivity contribution in [1.82, 2.24) is 4.98 Å². The van der Waals surface area contributed by atoms with Crippen LogP contribution >= 0.6 is 0 Å². The van der Waals surface area contributed by atoms with Crippen molar-refractivity contribution in [3.8, 4) is 5.75 Å². The topological polar surface area (TPSA) is 74.4 Å². The number of nitrogens with two attached hydrogens (primary N) is 1. The minimum absolute atomic E-state index is 0.0164. The Morgan fingerprint density at radius 1 is 1.47 bits per heavy atom. The molecular formula is C11H13F3N2O3. The molecule has 0 spiro atoms. The van der Waals surface area contributed by atoms with Crippen molar-refractivity contribution >= 4 is 5.97 Å². The van der Waals surface area contributed by atoms with Crippen LogP contribution in [0.5, 0.6) is 5.75 Å². The van der Waals surface area contributed by atoms with Crippen molar-refractivity contribution in [3.05, 3.63) is 23.0 Å². The molecule has 0 aliphatic heterocycles. The summed E-state index contributed by atoms with van der Waals surface area (Å²) in [7, 11) is 1.14. The lowest BCUT2D eigenvalue weighted by Gasteiger charge is -2.16. The Morgan fingerprint density at radius 3 is 2.58 bits per heavy atom. The van der Waals surface area contributed by atoms with Crippen molar-refractivity contribution < 1.29 is 27.4 Å². The van der Waals surface area contributed by atoms with Gasteiger partial charge in [-0.25, -0.2) is 0 Å². The predicted molar refractivity (Wildman–Crippen MR) is 59.3 cm³/mol. The largest absolute Gasteiger partial charge is 0.573 e. The highest BCUT2D eigenvalue weighted by atomic mass is 19.4. The summed E-state index contributed by atoms with van der Waals surface area (Å²) in [4.78, 5) is 15.2. The fraction of sp³-hybridized carbons (Fsp3) is 0.455. The molecule has 19 heavy (non-hydrogen) atoms. The van der Waals surface area contributed by atoms with Crippen LogP contribution in [0.4, 0.5) is 13.2 Å². The number of carbonyl (C=O) groups excluding carboxylic acids is 1. The number of rotatable bonds is 4. The number of alkyl halides is 3. The number of carbonyl (C=O) groups is 1. The van der Waals surface area contributed by atoms with Crippen LogP contribution in [0.1, 0.15) is 17.0 Å². The smallest absolute Gasteiger partial charge is 0.469 e. The fourth-order valence-electron chi connectivity index (χ4n) is 1.52. The van der Waals surface area contributed by atoms with Gasteiger partial charge in [0.25, 0.3) is 0 Å². The molecule has 0 amide bonds. The number of aromatic nitrogens is 1. The van der Waals surface area contributed by atoms with Gasteiger partial charge in [-0.15, -0.1) is 13.2 Å².